The van der Waals surface area contributed by atoms with Crippen molar-refractivity contribution in [3.8, 4) is 0 Å². The normalized spacial score (nSPS) is 11.4. The summed E-state index contributed by atoms with van der Waals surface area (Å²) >= 11 is 0. The zero-order valence-electron chi connectivity index (χ0n) is 11.7. The van der Waals surface area contributed by atoms with E-state index in [1.54, 1.807) is 0 Å². The van der Waals surface area contributed by atoms with E-state index in [1.807, 2.05) is 0 Å². The van der Waals surface area contributed by atoms with E-state index in [-0.39, 0.29) is 0 Å². The average molecular weight is 291 g/mol. The lowest BCUT2D eigenvalue weighted by Crippen LogP contribution is -2.68. The summed E-state index contributed by atoms with van der Waals surface area (Å²) in [5.74, 6) is 0. The molecule has 0 nitrogen and oxygen atoms in total. The van der Waals surface area contributed by atoms with Crippen molar-refractivity contribution in [1.82, 2.24) is 0 Å². The molecule has 0 N–H and O–H groups in total. The van der Waals surface area contributed by atoms with Gasteiger partial charge < -0.3 is 0 Å². The molecule has 0 aliphatic rings. The van der Waals surface area contributed by atoms with E-state index >= 15 is 0 Å². The molecule has 0 atom stereocenters. The maximum Gasteiger partial charge on any atom is 0.128 e. The molecule has 0 aliphatic carbocycles. The highest BCUT2D eigenvalue weighted by Gasteiger charge is 2.33. The molecule has 98 valence electrons. The van der Waals surface area contributed by atoms with Gasteiger partial charge in [-0.15, -0.1) is 0 Å². The molecular formula is C18H18Si2. The molecule has 0 amide bonds. The molecule has 0 spiro atoms. The maximum atomic E-state index is 2.30. The number of hydrogen-bond acceptors (Lipinski definition) is 0. The molecule has 3 rings (SSSR count). The van der Waals surface area contributed by atoms with Crippen LogP contribution in [0.5, 0.6) is 0 Å². The molecule has 0 fully saturated rings. The third-order valence-electron chi connectivity index (χ3n) is 4.05. The summed E-state index contributed by atoms with van der Waals surface area (Å²) in [5, 5.41) is 4.55. The first kappa shape index (κ1) is 13.1. The quantitative estimate of drug-likeness (QED) is 0.499. The summed E-state index contributed by atoms with van der Waals surface area (Å²) in [6, 6.07) is 33.2. The van der Waals surface area contributed by atoms with Crippen molar-refractivity contribution in [1.29, 1.82) is 0 Å². The molecule has 0 saturated heterocycles. The molecule has 0 heterocycles. The van der Waals surface area contributed by atoms with E-state index in [9.17, 15) is 0 Å². The first-order valence-corrected chi connectivity index (χ1v) is 12.5. The summed E-state index contributed by atoms with van der Waals surface area (Å²) < 4.78 is 0. The second-order valence-electron chi connectivity index (χ2n) is 5.22. The molecule has 3 aromatic rings. The van der Waals surface area contributed by atoms with Gasteiger partial charge in [-0.1, -0.05) is 107 Å². The lowest BCUT2D eigenvalue weighted by molar-refractivity contribution is 1.70. The smallest absolute Gasteiger partial charge is 0.0625 e. The lowest BCUT2D eigenvalue weighted by Gasteiger charge is -2.29. The van der Waals surface area contributed by atoms with E-state index in [1.165, 1.54) is 25.3 Å². The monoisotopic (exact) mass is 290 g/mol. The highest BCUT2D eigenvalue weighted by Crippen LogP contribution is 2.03. The molecule has 0 unspecified atom stereocenters. The van der Waals surface area contributed by atoms with Gasteiger partial charge in [-0.2, -0.15) is 0 Å². The topological polar surface area (TPSA) is 0 Å². The van der Waals surface area contributed by atoms with Gasteiger partial charge in [-0.3, -0.25) is 0 Å². The Morgan fingerprint density at radius 2 is 0.700 bits per heavy atom. The van der Waals surface area contributed by atoms with Gasteiger partial charge in [-0.25, -0.2) is 0 Å². The standard InChI is InChI=1S/C18H18Si2/c19-20(16-10-4-1-5-11-16,17-12-6-2-7-13-17)18-14-8-3-9-15-18/h1-15H,19H3. The minimum absolute atomic E-state index is 1.17. The molecule has 0 radical (unpaired) electrons. The summed E-state index contributed by atoms with van der Waals surface area (Å²) in [6.07, 6.45) is 0. The van der Waals surface area contributed by atoms with Crippen LogP contribution in [0.4, 0.5) is 0 Å². The minimum atomic E-state index is -1.74. The molecule has 0 saturated carbocycles. The predicted octanol–water partition coefficient (Wildman–Crippen LogP) is 1.02. The van der Waals surface area contributed by atoms with E-state index in [0.29, 0.717) is 0 Å². The largest absolute Gasteiger partial charge is 0.128 e. The summed E-state index contributed by atoms with van der Waals surface area (Å²) in [4.78, 5) is 0. The first-order chi connectivity index (χ1) is 9.82. The molecule has 2 heteroatoms. The number of rotatable bonds is 3. The zero-order chi connectivity index (χ0) is 13.8. The van der Waals surface area contributed by atoms with Crippen LogP contribution < -0.4 is 15.6 Å². The van der Waals surface area contributed by atoms with Gasteiger partial charge in [0.1, 0.15) is 7.59 Å². The average Bonchev–Trinajstić information content (AvgIpc) is 2.56. The van der Waals surface area contributed by atoms with Crippen LogP contribution in [0.3, 0.4) is 0 Å². The van der Waals surface area contributed by atoms with Crippen molar-refractivity contribution in [3.63, 3.8) is 0 Å². The molecule has 20 heavy (non-hydrogen) atoms. The Morgan fingerprint density at radius 3 is 0.950 bits per heavy atom. The molecule has 0 aliphatic heterocycles. The van der Waals surface area contributed by atoms with Gasteiger partial charge in [0.15, 0.2) is 0 Å². The van der Waals surface area contributed by atoms with Crippen molar-refractivity contribution >= 4 is 32.9 Å². The van der Waals surface area contributed by atoms with Crippen LogP contribution in [0, 0.1) is 0 Å². The van der Waals surface area contributed by atoms with Crippen molar-refractivity contribution in [2.24, 2.45) is 0 Å². The van der Waals surface area contributed by atoms with Gasteiger partial charge in [-0.05, 0) is 0 Å². The fraction of sp³-hybridized carbons (Fsp3) is 0. The van der Waals surface area contributed by atoms with Crippen molar-refractivity contribution in [2.45, 2.75) is 0 Å². The highest BCUT2D eigenvalue weighted by atomic mass is 29.2. The van der Waals surface area contributed by atoms with Crippen LogP contribution >= 0.6 is 0 Å². The van der Waals surface area contributed by atoms with Crippen LogP contribution in [0.15, 0.2) is 91.0 Å². The minimum Gasteiger partial charge on any atom is -0.0625 e. The van der Waals surface area contributed by atoms with Crippen LogP contribution in [0.2, 0.25) is 0 Å². The van der Waals surface area contributed by atoms with E-state index in [0.717, 1.165) is 0 Å². The Labute approximate surface area is 124 Å². The maximum absolute atomic E-state index is 2.30. The third-order valence-corrected chi connectivity index (χ3v) is 13.7. The summed E-state index contributed by atoms with van der Waals surface area (Å²) in [6.45, 7) is 0. The second-order valence-corrected chi connectivity index (χ2v) is 13.7. The van der Waals surface area contributed by atoms with Crippen LogP contribution in [-0.4, -0.2) is 17.4 Å². The van der Waals surface area contributed by atoms with E-state index in [2.05, 4.69) is 91.0 Å². The fourth-order valence-corrected chi connectivity index (χ4v) is 9.39. The van der Waals surface area contributed by atoms with Crippen LogP contribution in [-0.2, 0) is 0 Å². The highest BCUT2D eigenvalue weighted by molar-refractivity contribution is 7.38. The van der Waals surface area contributed by atoms with Gasteiger partial charge in [0, 0.05) is 9.76 Å². The van der Waals surface area contributed by atoms with Gasteiger partial charge in [0.2, 0.25) is 0 Å². The number of benzene rings is 3. The van der Waals surface area contributed by atoms with Gasteiger partial charge in [0.25, 0.3) is 0 Å². The Morgan fingerprint density at radius 1 is 0.450 bits per heavy atom. The van der Waals surface area contributed by atoms with E-state index < -0.39 is 7.59 Å². The summed E-state index contributed by atoms with van der Waals surface area (Å²) in [7, 11) is -0.569. The fourth-order valence-electron chi connectivity index (χ4n) is 2.81. The SMILES string of the molecule is [SiH3][Si](c1ccccc1)(c1ccccc1)c1ccccc1. The molecular weight excluding hydrogens is 272 g/mol. The molecule has 0 bridgehead atoms. The van der Waals surface area contributed by atoms with Crippen LogP contribution in [0.1, 0.15) is 0 Å². The lowest BCUT2D eigenvalue weighted by atomic mass is 10.3. The number of hydrogen-bond donors (Lipinski definition) is 0. The van der Waals surface area contributed by atoms with Crippen molar-refractivity contribution < 1.29 is 0 Å². The Bertz CT molecular complexity index is 567. The first-order valence-electron chi connectivity index (χ1n) is 6.98. The Balaban J connectivity index is 2.24. The predicted molar refractivity (Wildman–Crippen MR) is 93.9 cm³/mol. The Kier molecular flexibility index (Phi) is 3.67. The zero-order valence-corrected chi connectivity index (χ0v) is 14.7. The van der Waals surface area contributed by atoms with Crippen LogP contribution in [0.25, 0.3) is 0 Å². The third kappa shape index (κ3) is 2.28. The van der Waals surface area contributed by atoms with Crippen molar-refractivity contribution in [2.75, 3.05) is 0 Å². The second kappa shape index (κ2) is 5.61. The van der Waals surface area contributed by atoms with Crippen molar-refractivity contribution in [3.05, 3.63) is 91.0 Å². The molecule has 0 aromatic heterocycles. The van der Waals surface area contributed by atoms with Gasteiger partial charge in [0.05, 0.1) is 0 Å². The van der Waals surface area contributed by atoms with E-state index in [4.69, 9.17) is 0 Å². The summed E-state index contributed by atoms with van der Waals surface area (Å²) in [5.41, 5.74) is 0. The Hall–Kier alpha value is -1.91. The molecule has 3 aromatic carbocycles. The van der Waals surface area contributed by atoms with Gasteiger partial charge >= 0.3 is 0 Å².